The number of hydrogen-bond donors (Lipinski definition) is 1. The number of methoxy groups -OCH3 is 1. The average Bonchev–Trinajstić information content (AvgIpc) is 2.30. The topological polar surface area (TPSA) is 35.2 Å². The lowest BCUT2D eigenvalue weighted by Crippen LogP contribution is -2.27. The van der Waals surface area contributed by atoms with Gasteiger partial charge in [0.25, 0.3) is 0 Å². The molecule has 1 rings (SSSR count). The van der Waals surface area contributed by atoms with E-state index in [1.165, 1.54) is 5.56 Å². The van der Waals surface area contributed by atoms with Gasteiger partial charge in [-0.25, -0.2) is 0 Å². The third kappa shape index (κ3) is 3.06. The molecule has 90 valence electrons. The van der Waals surface area contributed by atoms with E-state index in [9.17, 15) is 0 Å². The van der Waals surface area contributed by atoms with Crippen molar-refractivity contribution in [2.24, 2.45) is 5.73 Å². The number of ether oxygens (including phenoxy) is 1. The van der Waals surface area contributed by atoms with E-state index in [0.717, 1.165) is 12.0 Å². The SMILES string of the molecule is CCC(OC)C(N)c1ccc(C(C)C)cc1. The molecule has 0 aliphatic rings. The lowest BCUT2D eigenvalue weighted by molar-refractivity contribution is 0.0772. The number of hydrogen-bond acceptors (Lipinski definition) is 2. The molecule has 0 bridgehead atoms. The molecule has 2 atom stereocenters. The summed E-state index contributed by atoms with van der Waals surface area (Å²) in [6.45, 7) is 6.48. The maximum atomic E-state index is 6.16. The molecule has 0 aliphatic carbocycles. The van der Waals surface area contributed by atoms with Crippen molar-refractivity contribution in [3.8, 4) is 0 Å². The molecule has 2 N–H and O–H groups in total. The second-order valence-corrected chi connectivity index (χ2v) is 4.53. The van der Waals surface area contributed by atoms with Gasteiger partial charge in [0.05, 0.1) is 12.1 Å². The summed E-state index contributed by atoms with van der Waals surface area (Å²) < 4.78 is 5.37. The summed E-state index contributed by atoms with van der Waals surface area (Å²) in [6.07, 6.45) is 1.04. The fraction of sp³-hybridized carbons (Fsp3) is 0.571. The summed E-state index contributed by atoms with van der Waals surface area (Å²) in [5.74, 6) is 0.565. The van der Waals surface area contributed by atoms with Gasteiger partial charge in [-0.05, 0) is 23.5 Å². The van der Waals surface area contributed by atoms with Crippen molar-refractivity contribution in [2.45, 2.75) is 45.3 Å². The van der Waals surface area contributed by atoms with Gasteiger partial charge in [-0.1, -0.05) is 45.0 Å². The molecule has 1 aromatic carbocycles. The van der Waals surface area contributed by atoms with Crippen LogP contribution in [0.5, 0.6) is 0 Å². The van der Waals surface area contributed by atoms with Gasteiger partial charge in [-0.3, -0.25) is 0 Å². The number of nitrogens with two attached hydrogens (primary N) is 1. The second-order valence-electron chi connectivity index (χ2n) is 4.53. The van der Waals surface area contributed by atoms with E-state index in [2.05, 4.69) is 45.0 Å². The molecule has 0 amide bonds. The van der Waals surface area contributed by atoms with Crippen LogP contribution in [0.25, 0.3) is 0 Å². The maximum absolute atomic E-state index is 6.16. The van der Waals surface area contributed by atoms with Crippen LogP contribution in [0.2, 0.25) is 0 Å². The van der Waals surface area contributed by atoms with Gasteiger partial charge < -0.3 is 10.5 Å². The van der Waals surface area contributed by atoms with Crippen LogP contribution in [0.4, 0.5) is 0 Å². The Hall–Kier alpha value is -0.860. The molecule has 0 radical (unpaired) electrons. The van der Waals surface area contributed by atoms with Crippen LogP contribution in [0.3, 0.4) is 0 Å². The van der Waals surface area contributed by atoms with E-state index in [0.29, 0.717) is 5.92 Å². The predicted octanol–water partition coefficient (Wildman–Crippen LogP) is 3.23. The Labute approximate surface area is 98.8 Å². The van der Waals surface area contributed by atoms with E-state index in [-0.39, 0.29) is 12.1 Å². The van der Waals surface area contributed by atoms with Gasteiger partial charge in [0.2, 0.25) is 0 Å². The molecule has 0 heterocycles. The fourth-order valence-electron chi connectivity index (χ4n) is 1.88. The molecule has 2 nitrogen and oxygen atoms in total. The molecule has 0 aromatic heterocycles. The van der Waals surface area contributed by atoms with Gasteiger partial charge in [0.1, 0.15) is 0 Å². The minimum Gasteiger partial charge on any atom is -0.379 e. The van der Waals surface area contributed by atoms with E-state index in [4.69, 9.17) is 10.5 Å². The summed E-state index contributed by atoms with van der Waals surface area (Å²) >= 11 is 0. The Morgan fingerprint density at radius 2 is 1.62 bits per heavy atom. The second kappa shape index (κ2) is 6.02. The van der Waals surface area contributed by atoms with Gasteiger partial charge in [-0.15, -0.1) is 0 Å². The fourth-order valence-corrected chi connectivity index (χ4v) is 1.88. The quantitative estimate of drug-likeness (QED) is 0.828. The first-order chi connectivity index (χ1) is 7.60. The zero-order valence-electron chi connectivity index (χ0n) is 10.7. The largest absolute Gasteiger partial charge is 0.379 e. The van der Waals surface area contributed by atoms with Crippen LogP contribution in [0, 0.1) is 0 Å². The van der Waals surface area contributed by atoms with Crippen LogP contribution < -0.4 is 5.73 Å². The van der Waals surface area contributed by atoms with Crippen LogP contribution in [0.1, 0.15) is 50.3 Å². The lowest BCUT2D eigenvalue weighted by atomic mass is 9.96. The molecule has 0 saturated heterocycles. The monoisotopic (exact) mass is 221 g/mol. The number of rotatable bonds is 5. The van der Waals surface area contributed by atoms with Gasteiger partial charge >= 0.3 is 0 Å². The smallest absolute Gasteiger partial charge is 0.0761 e. The average molecular weight is 221 g/mol. The first-order valence-corrected chi connectivity index (χ1v) is 5.98. The van der Waals surface area contributed by atoms with E-state index in [1.54, 1.807) is 7.11 Å². The Kier molecular flexibility index (Phi) is 4.97. The van der Waals surface area contributed by atoms with Crippen molar-refractivity contribution in [1.29, 1.82) is 0 Å². The molecule has 0 fully saturated rings. The minimum atomic E-state index is -0.0313. The first-order valence-electron chi connectivity index (χ1n) is 5.98. The highest BCUT2D eigenvalue weighted by molar-refractivity contribution is 5.27. The molecular weight excluding hydrogens is 198 g/mol. The summed E-state index contributed by atoms with van der Waals surface area (Å²) in [4.78, 5) is 0. The lowest BCUT2D eigenvalue weighted by Gasteiger charge is -2.21. The Morgan fingerprint density at radius 1 is 1.12 bits per heavy atom. The van der Waals surface area contributed by atoms with Gasteiger partial charge in [-0.2, -0.15) is 0 Å². The Morgan fingerprint density at radius 3 is 2.00 bits per heavy atom. The van der Waals surface area contributed by atoms with Crippen LogP contribution in [0.15, 0.2) is 24.3 Å². The molecule has 0 aliphatic heterocycles. The molecule has 2 heteroatoms. The Bertz CT molecular complexity index is 301. The van der Waals surface area contributed by atoms with Crippen LogP contribution in [-0.4, -0.2) is 13.2 Å². The zero-order valence-corrected chi connectivity index (χ0v) is 10.7. The molecular formula is C14H23NO. The highest BCUT2D eigenvalue weighted by Gasteiger charge is 2.16. The third-order valence-corrected chi connectivity index (χ3v) is 3.09. The van der Waals surface area contributed by atoms with Crippen molar-refractivity contribution in [2.75, 3.05) is 7.11 Å². The molecule has 0 spiro atoms. The normalized spacial score (nSPS) is 15.1. The molecule has 16 heavy (non-hydrogen) atoms. The van der Waals surface area contributed by atoms with Crippen molar-refractivity contribution < 1.29 is 4.74 Å². The highest BCUT2D eigenvalue weighted by Crippen LogP contribution is 2.21. The van der Waals surface area contributed by atoms with Crippen molar-refractivity contribution in [1.82, 2.24) is 0 Å². The molecule has 0 saturated carbocycles. The summed E-state index contributed by atoms with van der Waals surface area (Å²) in [5.41, 5.74) is 8.66. The van der Waals surface area contributed by atoms with E-state index in [1.807, 2.05) is 0 Å². The molecule has 1 aromatic rings. The van der Waals surface area contributed by atoms with Crippen molar-refractivity contribution in [3.63, 3.8) is 0 Å². The standard InChI is InChI=1S/C14H23NO/c1-5-13(16-4)14(15)12-8-6-11(7-9-12)10(2)3/h6-10,13-14H,5,15H2,1-4H3. The van der Waals surface area contributed by atoms with Gasteiger partial charge in [0.15, 0.2) is 0 Å². The molecule has 2 unspecified atom stereocenters. The van der Waals surface area contributed by atoms with Gasteiger partial charge in [0, 0.05) is 7.11 Å². The van der Waals surface area contributed by atoms with Crippen LogP contribution in [-0.2, 0) is 4.74 Å². The minimum absolute atomic E-state index is 0.0313. The summed E-state index contributed by atoms with van der Waals surface area (Å²) in [6, 6.07) is 8.50. The Balaban J connectivity index is 2.80. The summed E-state index contributed by atoms with van der Waals surface area (Å²) in [7, 11) is 1.72. The predicted molar refractivity (Wildman–Crippen MR) is 68.5 cm³/mol. The highest BCUT2D eigenvalue weighted by atomic mass is 16.5. The van der Waals surface area contributed by atoms with E-state index >= 15 is 0 Å². The third-order valence-electron chi connectivity index (χ3n) is 3.09. The van der Waals surface area contributed by atoms with E-state index < -0.39 is 0 Å². The summed E-state index contributed by atoms with van der Waals surface area (Å²) in [5, 5.41) is 0. The van der Waals surface area contributed by atoms with Crippen molar-refractivity contribution >= 4 is 0 Å². The van der Waals surface area contributed by atoms with Crippen LogP contribution >= 0.6 is 0 Å². The zero-order chi connectivity index (χ0) is 12.1. The first kappa shape index (κ1) is 13.2. The van der Waals surface area contributed by atoms with Crippen molar-refractivity contribution in [3.05, 3.63) is 35.4 Å². The number of benzene rings is 1. The maximum Gasteiger partial charge on any atom is 0.0761 e.